The van der Waals surface area contributed by atoms with Gasteiger partial charge in [0.15, 0.2) is 0 Å². The van der Waals surface area contributed by atoms with Crippen LogP contribution in [0.3, 0.4) is 0 Å². The van der Waals surface area contributed by atoms with Crippen LogP contribution in [0.25, 0.3) is 0 Å². The molecule has 0 aliphatic heterocycles. The second-order valence-electron chi connectivity index (χ2n) is 6.19. The van der Waals surface area contributed by atoms with Gasteiger partial charge in [0, 0.05) is 17.8 Å². The highest BCUT2D eigenvalue weighted by Gasteiger charge is 2.20. The molecule has 0 saturated carbocycles. The third-order valence-electron chi connectivity index (χ3n) is 4.29. The van der Waals surface area contributed by atoms with Crippen molar-refractivity contribution >= 4 is 40.9 Å². The van der Waals surface area contributed by atoms with Crippen LogP contribution in [0.2, 0.25) is 10.0 Å². The Morgan fingerprint density at radius 3 is 2.57 bits per heavy atom. The van der Waals surface area contributed by atoms with Crippen LogP contribution in [0.4, 0.5) is 11.8 Å². The zero-order chi connectivity index (χ0) is 20.1. The first-order valence-corrected chi connectivity index (χ1v) is 9.66. The van der Waals surface area contributed by atoms with Crippen molar-refractivity contribution < 1.29 is 4.79 Å². The third-order valence-corrected chi connectivity index (χ3v) is 4.83. The second kappa shape index (κ2) is 9.04. The summed E-state index contributed by atoms with van der Waals surface area (Å²) in [6, 6.07) is 16.5. The average molecular weight is 415 g/mol. The topological polar surface area (TPSA) is 58.1 Å². The monoisotopic (exact) mass is 414 g/mol. The first-order chi connectivity index (χ1) is 13.5. The number of carbonyl (C=O) groups is 1. The lowest BCUT2D eigenvalue weighted by Crippen LogP contribution is -2.32. The summed E-state index contributed by atoms with van der Waals surface area (Å²) >= 11 is 12.1. The summed E-state index contributed by atoms with van der Waals surface area (Å²) in [6.07, 6.45) is 1.63. The van der Waals surface area contributed by atoms with Gasteiger partial charge in [0.1, 0.15) is 5.82 Å². The van der Waals surface area contributed by atoms with E-state index < -0.39 is 0 Å². The summed E-state index contributed by atoms with van der Waals surface area (Å²) in [5, 5.41) is 4.06. The van der Waals surface area contributed by atoms with Crippen LogP contribution in [-0.2, 0) is 0 Å². The van der Waals surface area contributed by atoms with Crippen LogP contribution in [-0.4, -0.2) is 22.4 Å². The Hall–Kier alpha value is -2.63. The van der Waals surface area contributed by atoms with E-state index in [4.69, 9.17) is 23.2 Å². The first kappa shape index (κ1) is 20.1. The lowest BCUT2D eigenvalue weighted by molar-refractivity contribution is 0.0987. The van der Waals surface area contributed by atoms with Gasteiger partial charge in [-0.25, -0.2) is 4.98 Å². The SMILES string of the molecule is CCN(C(=O)c1ccc(Cl)cc1Cl)c1ccnc(N[C@H](C)c2ccccc2)n1. The number of nitrogens with one attached hydrogen (secondary N) is 1. The highest BCUT2D eigenvalue weighted by Crippen LogP contribution is 2.25. The molecule has 0 aliphatic rings. The van der Waals surface area contributed by atoms with Gasteiger partial charge in [0.25, 0.3) is 5.91 Å². The number of aromatic nitrogens is 2. The maximum atomic E-state index is 13.0. The van der Waals surface area contributed by atoms with Gasteiger partial charge < -0.3 is 5.32 Å². The standard InChI is InChI=1S/C21H20Cl2N4O/c1-3-27(20(28)17-10-9-16(22)13-18(17)23)19-11-12-24-21(26-19)25-14(2)15-7-5-4-6-8-15/h4-14H,3H2,1-2H3,(H,24,25,26)/t14-/m1/s1. The summed E-state index contributed by atoms with van der Waals surface area (Å²) in [6.45, 7) is 4.34. The summed E-state index contributed by atoms with van der Waals surface area (Å²) < 4.78 is 0. The Labute approximate surface area is 174 Å². The molecule has 0 aliphatic carbocycles. The number of hydrogen-bond acceptors (Lipinski definition) is 4. The van der Waals surface area contributed by atoms with E-state index in [0.717, 1.165) is 5.56 Å². The molecule has 1 heterocycles. The summed E-state index contributed by atoms with van der Waals surface area (Å²) in [7, 11) is 0. The Morgan fingerprint density at radius 1 is 1.14 bits per heavy atom. The van der Waals surface area contributed by atoms with Crippen molar-refractivity contribution in [3.05, 3.63) is 82.0 Å². The largest absolute Gasteiger partial charge is 0.348 e. The molecule has 3 aromatic rings. The third kappa shape index (κ3) is 4.61. The molecule has 1 aromatic heterocycles. The molecule has 5 nitrogen and oxygen atoms in total. The number of anilines is 2. The highest BCUT2D eigenvalue weighted by molar-refractivity contribution is 6.37. The van der Waals surface area contributed by atoms with Crippen molar-refractivity contribution in [3.63, 3.8) is 0 Å². The van der Waals surface area contributed by atoms with Crippen LogP contribution >= 0.6 is 23.2 Å². The Bertz CT molecular complexity index is 966. The first-order valence-electron chi connectivity index (χ1n) is 8.91. The molecule has 3 rings (SSSR count). The molecule has 144 valence electrons. The molecular formula is C21H20Cl2N4O. The van der Waals surface area contributed by atoms with Crippen molar-refractivity contribution in [1.29, 1.82) is 0 Å². The molecule has 0 saturated heterocycles. The van der Waals surface area contributed by atoms with E-state index in [1.54, 1.807) is 35.4 Å². The van der Waals surface area contributed by atoms with Crippen LogP contribution in [0.15, 0.2) is 60.8 Å². The normalized spacial score (nSPS) is 11.7. The van der Waals surface area contributed by atoms with E-state index in [2.05, 4.69) is 15.3 Å². The molecule has 0 spiro atoms. The number of carbonyl (C=O) groups excluding carboxylic acids is 1. The van der Waals surface area contributed by atoms with E-state index in [1.165, 1.54) is 0 Å². The summed E-state index contributed by atoms with van der Waals surface area (Å²) in [4.78, 5) is 23.3. The van der Waals surface area contributed by atoms with Gasteiger partial charge in [-0.15, -0.1) is 0 Å². The van der Waals surface area contributed by atoms with Crippen LogP contribution in [0, 0.1) is 0 Å². The predicted octanol–water partition coefficient (Wildman–Crippen LogP) is 5.62. The number of rotatable bonds is 6. The van der Waals surface area contributed by atoms with E-state index in [0.29, 0.717) is 33.9 Å². The molecule has 7 heteroatoms. The zero-order valence-electron chi connectivity index (χ0n) is 15.6. The highest BCUT2D eigenvalue weighted by atomic mass is 35.5. The zero-order valence-corrected chi connectivity index (χ0v) is 17.1. The maximum absolute atomic E-state index is 13.0. The molecule has 0 fully saturated rings. The molecule has 28 heavy (non-hydrogen) atoms. The second-order valence-corrected chi connectivity index (χ2v) is 7.03. The molecule has 1 atom stereocenters. The predicted molar refractivity (Wildman–Crippen MR) is 114 cm³/mol. The van der Waals surface area contributed by atoms with Crippen molar-refractivity contribution in [2.75, 3.05) is 16.8 Å². The van der Waals surface area contributed by atoms with Gasteiger partial charge in [-0.2, -0.15) is 4.98 Å². The van der Waals surface area contributed by atoms with Gasteiger partial charge in [-0.1, -0.05) is 53.5 Å². The van der Waals surface area contributed by atoms with E-state index in [-0.39, 0.29) is 11.9 Å². The van der Waals surface area contributed by atoms with Crippen molar-refractivity contribution in [2.24, 2.45) is 0 Å². The van der Waals surface area contributed by atoms with Gasteiger partial charge in [-0.3, -0.25) is 9.69 Å². The average Bonchev–Trinajstić information content (AvgIpc) is 2.69. The minimum atomic E-state index is -0.245. The van der Waals surface area contributed by atoms with Gasteiger partial charge in [0.05, 0.1) is 16.6 Å². The fourth-order valence-corrected chi connectivity index (χ4v) is 3.30. The Balaban J connectivity index is 1.83. The molecular weight excluding hydrogens is 395 g/mol. The van der Waals surface area contributed by atoms with Crippen molar-refractivity contribution in [2.45, 2.75) is 19.9 Å². The van der Waals surface area contributed by atoms with E-state index in [9.17, 15) is 4.79 Å². The number of hydrogen-bond donors (Lipinski definition) is 1. The molecule has 1 N–H and O–H groups in total. The van der Waals surface area contributed by atoms with Gasteiger partial charge >= 0.3 is 0 Å². The lowest BCUT2D eigenvalue weighted by atomic mass is 10.1. The minimum absolute atomic E-state index is 0.0212. The van der Waals surface area contributed by atoms with Crippen LogP contribution < -0.4 is 10.2 Å². The summed E-state index contributed by atoms with van der Waals surface area (Å²) in [5.41, 5.74) is 1.49. The van der Waals surface area contributed by atoms with Crippen molar-refractivity contribution in [3.8, 4) is 0 Å². The maximum Gasteiger partial charge on any atom is 0.260 e. The molecule has 0 radical (unpaired) electrons. The fourth-order valence-electron chi connectivity index (χ4n) is 2.81. The van der Waals surface area contributed by atoms with Gasteiger partial charge in [0.2, 0.25) is 5.95 Å². The smallest absolute Gasteiger partial charge is 0.260 e. The molecule has 0 bridgehead atoms. The number of nitrogens with zero attached hydrogens (tertiary/aromatic N) is 3. The Morgan fingerprint density at radius 2 is 1.89 bits per heavy atom. The van der Waals surface area contributed by atoms with E-state index >= 15 is 0 Å². The number of halogens is 2. The summed E-state index contributed by atoms with van der Waals surface area (Å²) in [5.74, 6) is 0.698. The van der Waals surface area contributed by atoms with Crippen LogP contribution in [0.1, 0.15) is 35.8 Å². The molecule has 2 aromatic carbocycles. The quantitative estimate of drug-likeness (QED) is 0.568. The fraction of sp³-hybridized carbons (Fsp3) is 0.190. The number of benzene rings is 2. The van der Waals surface area contributed by atoms with Crippen molar-refractivity contribution in [1.82, 2.24) is 9.97 Å². The van der Waals surface area contributed by atoms with E-state index in [1.807, 2.05) is 44.2 Å². The molecule has 1 amide bonds. The van der Waals surface area contributed by atoms with Gasteiger partial charge in [-0.05, 0) is 43.7 Å². The minimum Gasteiger partial charge on any atom is -0.348 e. The Kier molecular flexibility index (Phi) is 6.49. The molecule has 0 unspecified atom stereocenters. The lowest BCUT2D eigenvalue weighted by Gasteiger charge is -2.21. The number of amides is 1. The van der Waals surface area contributed by atoms with Crippen LogP contribution in [0.5, 0.6) is 0 Å².